The summed E-state index contributed by atoms with van der Waals surface area (Å²) in [6.07, 6.45) is 0. The molecule has 5 rings (SSSR count). The Balaban J connectivity index is 1.71. The number of carbonyl (C=O) groups is 2. The molecule has 1 N–H and O–H groups in total. The first kappa shape index (κ1) is 17.6. The molecule has 29 heavy (non-hydrogen) atoms. The molecule has 6 nitrogen and oxygen atoms in total. The Morgan fingerprint density at radius 3 is 2.69 bits per heavy atom. The van der Waals surface area contributed by atoms with Crippen molar-refractivity contribution in [3.8, 4) is 11.5 Å². The molecular weight excluding hydrogens is 370 g/mol. The molecule has 1 aliphatic carbocycles. The second-order valence-electron chi connectivity index (χ2n) is 7.09. The lowest BCUT2D eigenvalue weighted by Gasteiger charge is -2.29. The Bertz CT molecular complexity index is 1130. The highest BCUT2D eigenvalue weighted by Crippen LogP contribution is 2.48. The Morgan fingerprint density at radius 1 is 1.14 bits per heavy atom. The number of hydrogen-bond acceptors (Lipinski definition) is 6. The van der Waals surface area contributed by atoms with E-state index in [1.54, 1.807) is 6.92 Å². The average Bonchev–Trinajstić information content (AvgIpc) is 3.30. The van der Waals surface area contributed by atoms with Crippen LogP contribution in [0, 0.1) is 0 Å². The van der Waals surface area contributed by atoms with Crippen molar-refractivity contribution >= 4 is 17.4 Å². The normalized spacial score (nSPS) is 19.1. The third kappa shape index (κ3) is 2.56. The van der Waals surface area contributed by atoms with Gasteiger partial charge in [-0.15, -0.1) is 0 Å². The first-order valence-corrected chi connectivity index (χ1v) is 9.53. The van der Waals surface area contributed by atoms with Gasteiger partial charge < -0.3 is 19.5 Å². The number of benzene rings is 2. The summed E-state index contributed by atoms with van der Waals surface area (Å²) in [5, 5.41) is 3.29. The largest absolute Gasteiger partial charge is 0.463 e. The first-order valence-electron chi connectivity index (χ1n) is 9.53. The number of ether oxygens (including phenoxy) is 3. The smallest absolute Gasteiger partial charge is 0.336 e. The highest BCUT2D eigenvalue weighted by molar-refractivity contribution is 6.23. The summed E-state index contributed by atoms with van der Waals surface area (Å²) in [7, 11) is 0. The van der Waals surface area contributed by atoms with Crippen LogP contribution in [-0.4, -0.2) is 25.2 Å². The molecule has 2 aromatic carbocycles. The van der Waals surface area contributed by atoms with E-state index in [1.807, 2.05) is 49.4 Å². The minimum atomic E-state index is -0.556. The van der Waals surface area contributed by atoms with Crippen molar-refractivity contribution in [2.45, 2.75) is 19.8 Å². The minimum absolute atomic E-state index is 0.0833. The van der Waals surface area contributed by atoms with Gasteiger partial charge in [-0.3, -0.25) is 4.79 Å². The molecule has 0 spiro atoms. The van der Waals surface area contributed by atoms with Gasteiger partial charge in [0.05, 0.1) is 17.9 Å². The number of fused-ring (bicyclic) bond motifs is 3. The van der Waals surface area contributed by atoms with Crippen LogP contribution in [0.15, 0.2) is 59.3 Å². The summed E-state index contributed by atoms with van der Waals surface area (Å²) >= 11 is 0. The zero-order valence-electron chi connectivity index (χ0n) is 16.1. The molecule has 0 amide bonds. The molecule has 6 heteroatoms. The molecule has 2 aliphatic heterocycles. The van der Waals surface area contributed by atoms with Gasteiger partial charge in [0.25, 0.3) is 0 Å². The van der Waals surface area contributed by atoms with Crippen molar-refractivity contribution in [2.75, 3.05) is 13.4 Å². The van der Waals surface area contributed by atoms with E-state index in [9.17, 15) is 9.59 Å². The highest BCUT2D eigenvalue weighted by atomic mass is 16.7. The van der Waals surface area contributed by atoms with Gasteiger partial charge in [-0.2, -0.15) is 0 Å². The topological polar surface area (TPSA) is 73.9 Å². The first-order chi connectivity index (χ1) is 14.1. The molecule has 0 unspecified atom stereocenters. The molecule has 1 atom stereocenters. The maximum absolute atomic E-state index is 13.4. The van der Waals surface area contributed by atoms with Crippen LogP contribution >= 0.6 is 0 Å². The number of Topliss-reactive ketones (excluding diaryl/α,β-unsaturated/α-hetero) is 1. The maximum atomic E-state index is 13.4. The number of hydrogen-bond donors (Lipinski definition) is 1. The fraction of sp³-hybridized carbons (Fsp3) is 0.217. The molecule has 146 valence electrons. The second kappa shape index (κ2) is 6.51. The van der Waals surface area contributed by atoms with Crippen molar-refractivity contribution in [1.82, 2.24) is 5.32 Å². The molecule has 0 radical (unpaired) electrons. The molecule has 0 aromatic heterocycles. The zero-order chi connectivity index (χ0) is 20.1. The summed E-state index contributed by atoms with van der Waals surface area (Å²) in [5.74, 6) is 0.179. The van der Waals surface area contributed by atoms with Crippen LogP contribution < -0.4 is 14.8 Å². The van der Waals surface area contributed by atoms with E-state index in [1.165, 1.54) is 0 Å². The number of nitrogens with one attached hydrogen (secondary N) is 1. The SMILES string of the molecule is CCOC(=O)C1=C(C)NC2=C(C(=O)c3ccccc32)[C@H]1c1ccc2c(c1)OCO2. The zero-order valence-corrected chi connectivity index (χ0v) is 16.1. The van der Waals surface area contributed by atoms with Gasteiger partial charge in [-0.25, -0.2) is 4.79 Å². The van der Waals surface area contributed by atoms with Crippen LogP contribution in [0.3, 0.4) is 0 Å². The van der Waals surface area contributed by atoms with E-state index < -0.39 is 11.9 Å². The van der Waals surface area contributed by atoms with Gasteiger partial charge in [-0.1, -0.05) is 30.3 Å². The molecular formula is C23H19NO5. The van der Waals surface area contributed by atoms with Crippen LogP contribution in [-0.2, 0) is 9.53 Å². The second-order valence-corrected chi connectivity index (χ2v) is 7.09. The van der Waals surface area contributed by atoms with Crippen LogP contribution in [0.1, 0.15) is 41.3 Å². The molecule has 2 aromatic rings. The van der Waals surface area contributed by atoms with E-state index in [0.29, 0.717) is 33.9 Å². The Kier molecular flexibility index (Phi) is 3.94. The van der Waals surface area contributed by atoms with Gasteiger partial charge in [0.2, 0.25) is 6.79 Å². The van der Waals surface area contributed by atoms with E-state index in [4.69, 9.17) is 14.2 Å². The lowest BCUT2D eigenvalue weighted by atomic mass is 9.79. The number of ketones is 1. The van der Waals surface area contributed by atoms with Gasteiger partial charge in [-0.05, 0) is 31.5 Å². The van der Waals surface area contributed by atoms with Gasteiger partial charge >= 0.3 is 5.97 Å². The molecule has 0 saturated heterocycles. The predicted molar refractivity (Wildman–Crippen MR) is 105 cm³/mol. The highest BCUT2D eigenvalue weighted by Gasteiger charge is 2.43. The standard InChI is InChI=1S/C23H19NO5/c1-3-27-23(26)18-12(2)24-21-14-6-4-5-7-15(14)22(25)20(21)19(18)13-8-9-16-17(10-13)29-11-28-16/h4-10,19,24H,3,11H2,1-2H3/t19-/m0/s1. The summed E-state index contributed by atoms with van der Waals surface area (Å²) in [4.78, 5) is 26.2. The Hall–Kier alpha value is -3.54. The molecule has 0 saturated carbocycles. The van der Waals surface area contributed by atoms with Crippen LogP contribution in [0.4, 0.5) is 0 Å². The third-order valence-corrected chi connectivity index (χ3v) is 5.47. The van der Waals surface area contributed by atoms with Gasteiger partial charge in [0.15, 0.2) is 17.3 Å². The van der Waals surface area contributed by atoms with E-state index in [-0.39, 0.29) is 19.2 Å². The van der Waals surface area contributed by atoms with Gasteiger partial charge in [0.1, 0.15) is 0 Å². The summed E-state index contributed by atoms with van der Waals surface area (Å²) < 4.78 is 16.3. The average molecular weight is 389 g/mol. The predicted octanol–water partition coefficient (Wildman–Crippen LogP) is 3.55. The number of allylic oxidation sites excluding steroid dienone is 2. The fourth-order valence-electron chi connectivity index (χ4n) is 4.23. The molecule has 2 heterocycles. The van der Waals surface area contributed by atoms with E-state index in [0.717, 1.165) is 16.8 Å². The van der Waals surface area contributed by atoms with Gasteiger partial charge in [0, 0.05) is 28.3 Å². The quantitative estimate of drug-likeness (QED) is 0.810. The van der Waals surface area contributed by atoms with Crippen molar-refractivity contribution in [2.24, 2.45) is 0 Å². The summed E-state index contributed by atoms with van der Waals surface area (Å²) in [6, 6.07) is 13.0. The monoisotopic (exact) mass is 389 g/mol. The lowest BCUT2D eigenvalue weighted by Crippen LogP contribution is -2.29. The Morgan fingerprint density at radius 2 is 1.90 bits per heavy atom. The van der Waals surface area contributed by atoms with Crippen molar-refractivity contribution < 1.29 is 23.8 Å². The number of dihydropyridines is 1. The van der Waals surface area contributed by atoms with E-state index >= 15 is 0 Å². The summed E-state index contributed by atoms with van der Waals surface area (Å²) in [6.45, 7) is 4.01. The van der Waals surface area contributed by atoms with Crippen molar-refractivity contribution in [3.05, 3.63) is 76.0 Å². The molecule has 0 fully saturated rings. The third-order valence-electron chi connectivity index (χ3n) is 5.47. The maximum Gasteiger partial charge on any atom is 0.336 e. The summed E-state index contributed by atoms with van der Waals surface area (Å²) in [5.41, 5.74) is 4.68. The Labute approximate surface area is 167 Å². The molecule has 0 bridgehead atoms. The van der Waals surface area contributed by atoms with Crippen LogP contribution in [0.25, 0.3) is 5.70 Å². The van der Waals surface area contributed by atoms with Crippen LogP contribution in [0.2, 0.25) is 0 Å². The minimum Gasteiger partial charge on any atom is -0.463 e. The number of esters is 1. The van der Waals surface area contributed by atoms with Crippen molar-refractivity contribution in [1.29, 1.82) is 0 Å². The fourth-order valence-corrected chi connectivity index (χ4v) is 4.23. The van der Waals surface area contributed by atoms with E-state index in [2.05, 4.69) is 5.32 Å². The number of carbonyl (C=O) groups excluding carboxylic acids is 2. The molecule has 3 aliphatic rings. The van der Waals surface area contributed by atoms with Crippen molar-refractivity contribution in [3.63, 3.8) is 0 Å². The van der Waals surface area contributed by atoms with Crippen LogP contribution in [0.5, 0.6) is 11.5 Å². The lowest BCUT2D eigenvalue weighted by molar-refractivity contribution is -0.138. The number of rotatable bonds is 3.